The molecule has 1 atom stereocenters. The topological polar surface area (TPSA) is 0 Å². The van der Waals surface area contributed by atoms with Crippen LogP contribution in [0.15, 0.2) is 90.5 Å². The third-order valence-electron chi connectivity index (χ3n) is 9.90. The largest absolute Gasteiger partial charge is 1.00 e. The molecular weight excluding hydrogens is 671 g/mol. The van der Waals surface area contributed by atoms with Crippen LogP contribution in [0, 0.1) is 0 Å². The molecule has 3 aliphatic rings. The zero-order valence-corrected chi connectivity index (χ0v) is 30.9. The van der Waals surface area contributed by atoms with Gasteiger partial charge in [-0.15, -0.1) is 0 Å². The first-order valence-corrected chi connectivity index (χ1v) is 24.4. The number of benzene rings is 5. The van der Waals surface area contributed by atoms with Gasteiger partial charge < -0.3 is 24.8 Å². The molecule has 0 bridgehead atoms. The van der Waals surface area contributed by atoms with E-state index in [9.17, 15) is 0 Å². The van der Waals surface area contributed by atoms with Gasteiger partial charge >= 0.3 is 265 Å². The molecule has 5 aromatic rings. The van der Waals surface area contributed by atoms with Crippen molar-refractivity contribution in [1.29, 1.82) is 0 Å². The van der Waals surface area contributed by atoms with Crippen LogP contribution in [0.1, 0.15) is 71.0 Å². The Morgan fingerprint density at radius 2 is 1.45 bits per heavy atom. The van der Waals surface area contributed by atoms with Crippen LogP contribution in [0.25, 0.3) is 39.1 Å². The van der Waals surface area contributed by atoms with Gasteiger partial charge in [0.2, 0.25) is 0 Å². The van der Waals surface area contributed by atoms with Crippen LogP contribution >= 0.6 is 0 Å². The Hall–Kier alpha value is -2.22. The first-order valence-electron chi connectivity index (χ1n) is 16.0. The van der Waals surface area contributed by atoms with Crippen LogP contribution in [0.2, 0.25) is 13.1 Å². The molecule has 0 heterocycles. The molecule has 0 aromatic heterocycles. The molecule has 8 rings (SSSR count). The van der Waals surface area contributed by atoms with Crippen molar-refractivity contribution in [3.8, 4) is 22.3 Å². The Kier molecular flexibility index (Phi) is 9.29. The average Bonchev–Trinajstić information content (AvgIpc) is 3.70. The Morgan fingerprint density at radius 3 is 2.27 bits per heavy atom. The molecule has 0 N–H and O–H groups in total. The number of fused-ring (bicyclic) bond motifs is 4. The van der Waals surface area contributed by atoms with E-state index in [1.807, 2.05) is 0 Å². The summed E-state index contributed by atoms with van der Waals surface area (Å²) in [5.41, 5.74) is 18.4. The molecular formula is C40H38Cl2SiZr. The van der Waals surface area contributed by atoms with E-state index in [0.717, 1.165) is 6.42 Å². The van der Waals surface area contributed by atoms with Crippen LogP contribution in [0.3, 0.4) is 0 Å². The van der Waals surface area contributed by atoms with Crippen LogP contribution in [0.4, 0.5) is 0 Å². The minimum atomic E-state index is -0.640. The zero-order valence-electron chi connectivity index (χ0n) is 25.8. The third kappa shape index (κ3) is 5.15. The maximum Gasteiger partial charge on any atom is -1.00 e. The predicted octanol–water partition coefficient (Wildman–Crippen LogP) is 3.59. The fraction of sp³-hybridized carbons (Fsp3) is 0.250. The van der Waals surface area contributed by atoms with E-state index in [1.165, 1.54) is 87.4 Å². The number of halogens is 2. The monoisotopic (exact) mass is 706 g/mol. The van der Waals surface area contributed by atoms with E-state index in [2.05, 4.69) is 111 Å². The summed E-state index contributed by atoms with van der Waals surface area (Å²) in [4.78, 5) is 0. The second-order valence-electron chi connectivity index (χ2n) is 12.9. The number of hydrogen-bond acceptors (Lipinski definition) is 0. The Labute approximate surface area is 287 Å². The minimum absolute atomic E-state index is 0. The average molecular weight is 709 g/mol. The summed E-state index contributed by atoms with van der Waals surface area (Å²) >= 11 is -0.607. The molecule has 0 nitrogen and oxygen atoms in total. The molecule has 3 aliphatic carbocycles. The second kappa shape index (κ2) is 12.9. The van der Waals surface area contributed by atoms with E-state index in [-0.39, 0.29) is 24.8 Å². The smallest absolute Gasteiger partial charge is 1.00 e. The van der Waals surface area contributed by atoms with Gasteiger partial charge in [0.25, 0.3) is 0 Å². The number of rotatable bonds is 7. The van der Waals surface area contributed by atoms with Crippen molar-refractivity contribution < 1.29 is 47.2 Å². The summed E-state index contributed by atoms with van der Waals surface area (Å²) in [5.74, 6) is -0.240. The number of allylic oxidation sites excluding steroid dienone is 1. The van der Waals surface area contributed by atoms with Crippen LogP contribution in [0.5, 0.6) is 0 Å². The van der Waals surface area contributed by atoms with Crippen LogP contribution < -0.4 is 28.1 Å². The summed E-state index contributed by atoms with van der Waals surface area (Å²) in [7, 11) is 0. The Morgan fingerprint density at radius 1 is 0.727 bits per heavy atom. The molecule has 1 unspecified atom stereocenters. The number of hydrogen-bond donors (Lipinski definition) is 0. The summed E-state index contributed by atoms with van der Waals surface area (Å²) in [6.45, 7) is 7.51. The van der Waals surface area contributed by atoms with Gasteiger partial charge in [-0.1, -0.05) is 0 Å². The molecule has 0 saturated carbocycles. The maximum absolute atomic E-state index is 2.64. The van der Waals surface area contributed by atoms with E-state index in [1.54, 1.807) is 25.5 Å². The summed E-state index contributed by atoms with van der Waals surface area (Å²) < 4.78 is 1.78. The number of unbranched alkanes of at least 4 members (excludes halogenated alkanes) is 1. The summed E-state index contributed by atoms with van der Waals surface area (Å²) in [6, 6.07) is 33.3. The van der Waals surface area contributed by atoms with Crippen LogP contribution in [-0.4, -0.2) is 5.92 Å². The van der Waals surface area contributed by atoms with Crippen LogP contribution in [-0.2, 0) is 41.7 Å². The van der Waals surface area contributed by atoms with Gasteiger partial charge in [0.05, 0.1) is 0 Å². The molecule has 0 spiro atoms. The van der Waals surface area contributed by atoms with Gasteiger partial charge in [0.1, 0.15) is 0 Å². The zero-order chi connectivity index (χ0) is 28.4. The van der Waals surface area contributed by atoms with Crippen molar-refractivity contribution in [3.63, 3.8) is 0 Å². The molecule has 0 aliphatic heterocycles. The van der Waals surface area contributed by atoms with Gasteiger partial charge in [-0.3, -0.25) is 0 Å². The fourth-order valence-corrected chi connectivity index (χ4v) is 16.4. The van der Waals surface area contributed by atoms with Crippen molar-refractivity contribution in [2.45, 2.75) is 64.5 Å². The third-order valence-corrected chi connectivity index (χ3v) is 18.4. The first-order chi connectivity index (χ1) is 20.6. The summed E-state index contributed by atoms with van der Waals surface area (Å²) in [6.07, 6.45) is 9.78. The van der Waals surface area contributed by atoms with E-state index in [0.29, 0.717) is 5.92 Å². The predicted molar refractivity (Wildman–Crippen MR) is 179 cm³/mol. The van der Waals surface area contributed by atoms with Crippen molar-refractivity contribution in [2.75, 3.05) is 0 Å². The van der Waals surface area contributed by atoms with Gasteiger partial charge in [-0.05, 0) is 0 Å². The normalized spacial score (nSPS) is 15.3. The molecule has 44 heavy (non-hydrogen) atoms. The van der Waals surface area contributed by atoms with Gasteiger partial charge in [0.15, 0.2) is 0 Å². The van der Waals surface area contributed by atoms with E-state index < -0.39 is 28.3 Å². The van der Waals surface area contributed by atoms with Crippen molar-refractivity contribution >= 4 is 26.0 Å². The Balaban J connectivity index is 0.00000171. The molecule has 4 heteroatoms. The standard InChI is InChI=1S/C38H31.C2H7Si.2ClH.Zr/c1-2-3-9-27-23-36-30(31-21-20-25-19-18-24-11-6-15-32(31)37(24)25)14-8-17-34(36)38(27)33-16-7-13-29-28-12-5-4-10-26(28)22-35(29)33;1-3-2;;;/h4-8,10-15,17,20-21,23,38H,2-3,9,18-19,22H2,1H3;3H,1-2H3;2*1H;/q;;;;+2/p-2. The van der Waals surface area contributed by atoms with Crippen molar-refractivity contribution in [2.24, 2.45) is 0 Å². The fourth-order valence-electron chi connectivity index (χ4n) is 8.12. The Bertz CT molecular complexity index is 1910. The SMILES string of the molecule is CCCCC1=Cc2c(-c3ccc4c5c(cccc35)CC4)cccc2C1c1[c]([Zr+2][SiH](C)C)ccc2c1Cc1ccccc1-2.[Cl-].[Cl-]. The molecule has 0 saturated heterocycles. The first kappa shape index (κ1) is 31.7. The van der Waals surface area contributed by atoms with Gasteiger partial charge in [-0.25, -0.2) is 0 Å². The quantitative estimate of drug-likeness (QED) is 0.223. The van der Waals surface area contributed by atoms with E-state index >= 15 is 0 Å². The molecule has 0 fully saturated rings. The number of aryl methyl sites for hydroxylation is 2. The van der Waals surface area contributed by atoms with Crippen molar-refractivity contribution in [3.05, 3.63) is 129 Å². The van der Waals surface area contributed by atoms with Gasteiger partial charge in [0, 0.05) is 0 Å². The van der Waals surface area contributed by atoms with E-state index in [4.69, 9.17) is 0 Å². The molecule has 0 radical (unpaired) electrons. The molecule has 0 amide bonds. The second-order valence-corrected chi connectivity index (χ2v) is 27.4. The maximum atomic E-state index is 2.64. The molecule has 220 valence electrons. The molecule has 5 aromatic carbocycles. The van der Waals surface area contributed by atoms with Gasteiger partial charge in [-0.2, -0.15) is 0 Å². The van der Waals surface area contributed by atoms with Crippen molar-refractivity contribution in [1.82, 2.24) is 0 Å². The summed E-state index contributed by atoms with van der Waals surface area (Å²) in [5, 5.41) is 2.96. The minimum Gasteiger partial charge on any atom is -1.00 e.